The zero-order valence-corrected chi connectivity index (χ0v) is 12.9. The quantitative estimate of drug-likeness (QED) is 0.860. The van der Waals surface area contributed by atoms with Gasteiger partial charge in [-0.1, -0.05) is 18.2 Å². The molecular weight excluding hydrogens is 262 g/mol. The lowest BCUT2D eigenvalue weighted by molar-refractivity contribution is 0.000630. The van der Waals surface area contributed by atoms with Gasteiger partial charge in [0.2, 0.25) is 0 Å². The Morgan fingerprint density at radius 1 is 1.24 bits per heavy atom. The molecule has 1 aromatic rings. The second-order valence-electron chi connectivity index (χ2n) is 6.60. The minimum Gasteiger partial charge on any atom is -0.487 e. The molecule has 1 atom stereocenters. The maximum Gasteiger partial charge on any atom is 0.142 e. The number of hydrogen-bond acceptors (Lipinski definition) is 4. The van der Waals surface area contributed by atoms with Crippen molar-refractivity contribution in [2.45, 2.75) is 37.8 Å². The van der Waals surface area contributed by atoms with Crippen LogP contribution in [0, 0.1) is 11.3 Å². The maximum absolute atomic E-state index is 10.1. The van der Waals surface area contributed by atoms with Gasteiger partial charge in [-0.25, -0.2) is 0 Å². The van der Waals surface area contributed by atoms with Crippen molar-refractivity contribution < 1.29 is 4.74 Å². The van der Waals surface area contributed by atoms with E-state index in [1.165, 1.54) is 0 Å². The zero-order chi connectivity index (χ0) is 14.9. The van der Waals surface area contributed by atoms with Crippen molar-refractivity contribution in [2.75, 3.05) is 26.2 Å². The first-order valence-corrected chi connectivity index (χ1v) is 7.73. The van der Waals surface area contributed by atoms with E-state index in [0.29, 0.717) is 6.42 Å². The molecule has 21 heavy (non-hydrogen) atoms. The number of nitriles is 1. The normalized spacial score (nSPS) is 28.8. The molecule has 1 aromatic carbocycles. The molecule has 4 nitrogen and oxygen atoms in total. The Hall–Kier alpha value is -1.57. The Labute approximate surface area is 126 Å². The number of rotatable bonds is 1. The van der Waals surface area contributed by atoms with Gasteiger partial charge < -0.3 is 10.1 Å². The standard InChI is InChI=1S/C17H23N3O/c1-16(2)12-17(13-18,20-10-5-8-19-9-11-20)14-6-3-4-7-15(14)21-16/h3-4,6-7,19H,5,8-12H2,1-2H3. The van der Waals surface area contributed by atoms with Gasteiger partial charge in [-0.3, -0.25) is 4.90 Å². The van der Waals surface area contributed by atoms with E-state index in [1.54, 1.807) is 0 Å². The summed E-state index contributed by atoms with van der Waals surface area (Å²) in [6.07, 6.45) is 1.78. The smallest absolute Gasteiger partial charge is 0.142 e. The summed E-state index contributed by atoms with van der Waals surface area (Å²) < 4.78 is 6.11. The highest BCUT2D eigenvalue weighted by Crippen LogP contribution is 2.46. The second-order valence-corrected chi connectivity index (χ2v) is 6.60. The van der Waals surface area contributed by atoms with Gasteiger partial charge in [0.05, 0.1) is 6.07 Å². The molecule has 3 rings (SSSR count). The Bertz CT molecular complexity index is 555. The Morgan fingerprint density at radius 3 is 2.86 bits per heavy atom. The van der Waals surface area contributed by atoms with E-state index in [9.17, 15) is 5.26 Å². The summed E-state index contributed by atoms with van der Waals surface area (Å²) in [5.74, 6) is 0.854. The van der Waals surface area contributed by atoms with Crippen molar-refractivity contribution in [3.63, 3.8) is 0 Å². The minimum absolute atomic E-state index is 0.330. The van der Waals surface area contributed by atoms with Crippen LogP contribution in [0.1, 0.15) is 32.3 Å². The zero-order valence-electron chi connectivity index (χ0n) is 12.9. The van der Waals surface area contributed by atoms with Gasteiger partial charge in [0.15, 0.2) is 0 Å². The van der Waals surface area contributed by atoms with Crippen LogP contribution in [0.15, 0.2) is 24.3 Å². The van der Waals surface area contributed by atoms with Crippen LogP contribution >= 0.6 is 0 Å². The summed E-state index contributed by atoms with van der Waals surface area (Å²) in [6.45, 7) is 7.96. The highest BCUT2D eigenvalue weighted by atomic mass is 16.5. The van der Waals surface area contributed by atoms with Crippen molar-refractivity contribution in [1.29, 1.82) is 5.26 Å². The van der Waals surface area contributed by atoms with Crippen molar-refractivity contribution in [3.8, 4) is 11.8 Å². The van der Waals surface area contributed by atoms with Gasteiger partial charge in [-0.2, -0.15) is 5.26 Å². The maximum atomic E-state index is 10.1. The molecule has 0 saturated carbocycles. The van der Waals surface area contributed by atoms with Crippen LogP contribution in [-0.4, -0.2) is 36.7 Å². The number of nitrogens with zero attached hydrogens (tertiary/aromatic N) is 2. The lowest BCUT2D eigenvalue weighted by atomic mass is 9.77. The molecule has 0 radical (unpaired) electrons. The third-order valence-corrected chi connectivity index (χ3v) is 4.47. The summed E-state index contributed by atoms with van der Waals surface area (Å²) in [5.41, 5.74) is 0.113. The van der Waals surface area contributed by atoms with Gasteiger partial charge in [0.1, 0.15) is 16.9 Å². The van der Waals surface area contributed by atoms with Crippen molar-refractivity contribution >= 4 is 0 Å². The molecule has 4 heteroatoms. The predicted molar refractivity (Wildman–Crippen MR) is 82.1 cm³/mol. The highest BCUT2D eigenvalue weighted by molar-refractivity contribution is 5.46. The number of fused-ring (bicyclic) bond motifs is 1. The fourth-order valence-corrected chi connectivity index (χ4v) is 3.62. The number of nitrogens with one attached hydrogen (secondary N) is 1. The Balaban J connectivity index is 2.09. The Morgan fingerprint density at radius 2 is 2.05 bits per heavy atom. The molecule has 0 aliphatic carbocycles. The molecule has 0 amide bonds. The summed E-state index contributed by atoms with van der Waals surface area (Å²) >= 11 is 0. The van der Waals surface area contributed by atoms with Crippen LogP contribution in [0.25, 0.3) is 0 Å². The molecule has 1 saturated heterocycles. The monoisotopic (exact) mass is 285 g/mol. The van der Waals surface area contributed by atoms with E-state index in [1.807, 2.05) is 24.3 Å². The molecule has 1 N–H and O–H groups in total. The van der Waals surface area contributed by atoms with Crippen LogP contribution in [0.5, 0.6) is 5.75 Å². The molecule has 2 heterocycles. The third-order valence-electron chi connectivity index (χ3n) is 4.47. The van der Waals surface area contributed by atoms with E-state index in [4.69, 9.17) is 4.74 Å². The van der Waals surface area contributed by atoms with Crippen molar-refractivity contribution in [1.82, 2.24) is 10.2 Å². The number of ether oxygens (including phenoxy) is 1. The van der Waals surface area contributed by atoms with Crippen molar-refractivity contribution in [2.24, 2.45) is 0 Å². The van der Waals surface area contributed by atoms with Gasteiger partial charge in [0.25, 0.3) is 0 Å². The average molecular weight is 285 g/mol. The fourth-order valence-electron chi connectivity index (χ4n) is 3.62. The molecular formula is C17H23N3O. The van der Waals surface area contributed by atoms with Gasteiger partial charge in [0, 0.05) is 31.6 Å². The van der Waals surface area contributed by atoms with Crippen LogP contribution in [0.2, 0.25) is 0 Å². The third kappa shape index (κ3) is 2.52. The predicted octanol–water partition coefficient (Wildman–Crippen LogP) is 2.26. The summed E-state index contributed by atoms with van der Waals surface area (Å²) in [7, 11) is 0. The summed E-state index contributed by atoms with van der Waals surface area (Å²) in [4.78, 5) is 2.34. The molecule has 2 aliphatic heterocycles. The molecule has 0 bridgehead atoms. The van der Waals surface area contributed by atoms with Gasteiger partial charge in [-0.15, -0.1) is 0 Å². The van der Waals surface area contributed by atoms with E-state index >= 15 is 0 Å². The summed E-state index contributed by atoms with van der Waals surface area (Å²) in [5, 5.41) is 13.5. The van der Waals surface area contributed by atoms with E-state index in [-0.39, 0.29) is 5.60 Å². The minimum atomic E-state index is -0.579. The molecule has 0 aromatic heterocycles. The molecule has 112 valence electrons. The number of para-hydroxylation sites is 1. The lowest BCUT2D eigenvalue weighted by Gasteiger charge is -2.47. The van der Waals surface area contributed by atoms with Gasteiger partial charge in [-0.05, 0) is 32.9 Å². The van der Waals surface area contributed by atoms with Crippen LogP contribution in [-0.2, 0) is 5.54 Å². The number of hydrogen-bond donors (Lipinski definition) is 1. The SMILES string of the molecule is CC1(C)CC(C#N)(N2CCCNCC2)c2ccccc2O1. The first-order chi connectivity index (χ1) is 10.1. The van der Waals surface area contributed by atoms with E-state index in [2.05, 4.69) is 30.1 Å². The van der Waals surface area contributed by atoms with Crippen molar-refractivity contribution in [3.05, 3.63) is 29.8 Å². The van der Waals surface area contributed by atoms with Crippen LogP contribution < -0.4 is 10.1 Å². The topological polar surface area (TPSA) is 48.3 Å². The lowest BCUT2D eigenvalue weighted by Crippen LogP contribution is -2.54. The highest BCUT2D eigenvalue weighted by Gasteiger charge is 2.49. The Kier molecular flexibility index (Phi) is 3.64. The number of benzene rings is 1. The molecule has 2 aliphatic rings. The van der Waals surface area contributed by atoms with Gasteiger partial charge >= 0.3 is 0 Å². The van der Waals surface area contributed by atoms with Crippen LogP contribution in [0.3, 0.4) is 0 Å². The van der Waals surface area contributed by atoms with E-state index < -0.39 is 5.54 Å². The fraction of sp³-hybridized carbons (Fsp3) is 0.588. The second kappa shape index (κ2) is 5.32. The molecule has 0 spiro atoms. The largest absolute Gasteiger partial charge is 0.487 e. The molecule has 1 fully saturated rings. The first kappa shape index (κ1) is 14.4. The average Bonchev–Trinajstić information content (AvgIpc) is 2.74. The van der Waals surface area contributed by atoms with Crippen LogP contribution in [0.4, 0.5) is 0 Å². The first-order valence-electron chi connectivity index (χ1n) is 7.73. The molecule has 1 unspecified atom stereocenters. The summed E-state index contributed by atoms with van der Waals surface area (Å²) in [6, 6.07) is 10.7. The van der Waals surface area contributed by atoms with E-state index in [0.717, 1.165) is 43.9 Å².